The van der Waals surface area contributed by atoms with Crippen molar-refractivity contribution in [2.24, 2.45) is 0 Å². The highest BCUT2D eigenvalue weighted by Crippen LogP contribution is 2.45. The molecule has 150 valence electrons. The second-order valence-electron chi connectivity index (χ2n) is 5.43. The third-order valence-electron chi connectivity index (χ3n) is 4.01. The first kappa shape index (κ1) is 20.8. The number of benzene rings is 2. The molecule has 0 fully saturated rings. The lowest BCUT2D eigenvalue weighted by Crippen LogP contribution is -2.10. The van der Waals surface area contributed by atoms with Gasteiger partial charge in [0.2, 0.25) is 0 Å². The summed E-state index contributed by atoms with van der Waals surface area (Å²) >= 11 is 0. The van der Waals surface area contributed by atoms with Crippen molar-refractivity contribution in [3.8, 4) is 34.1 Å². The van der Waals surface area contributed by atoms with Crippen LogP contribution in [0.4, 0.5) is 5.69 Å². The Hall–Kier alpha value is -3.49. The average Bonchev–Trinajstić information content (AvgIpc) is 2.71. The molecule has 0 atom stereocenters. The number of esters is 1. The molecule has 0 heterocycles. The number of ether oxygens (including phenoxy) is 5. The molecule has 0 amide bonds. The highest BCUT2D eigenvalue weighted by Gasteiger charge is 2.29. The zero-order chi connectivity index (χ0) is 20.8. The van der Waals surface area contributed by atoms with Crippen molar-refractivity contribution in [1.82, 2.24) is 0 Å². The number of hydrogen-bond donors (Lipinski definition) is 0. The van der Waals surface area contributed by atoms with Crippen LogP contribution in [0.2, 0.25) is 0 Å². The van der Waals surface area contributed by atoms with Crippen LogP contribution in [0.25, 0.3) is 11.1 Å². The van der Waals surface area contributed by atoms with Gasteiger partial charge in [0, 0.05) is 5.56 Å². The van der Waals surface area contributed by atoms with Gasteiger partial charge in [-0.1, -0.05) is 0 Å². The van der Waals surface area contributed by atoms with Gasteiger partial charge in [-0.3, -0.25) is 10.1 Å². The maximum Gasteiger partial charge on any atom is 0.342 e. The van der Waals surface area contributed by atoms with Gasteiger partial charge in [0.1, 0.15) is 5.56 Å². The molecule has 0 unspecified atom stereocenters. The van der Waals surface area contributed by atoms with Crippen molar-refractivity contribution in [2.45, 2.75) is 6.92 Å². The number of rotatable bonds is 8. The second kappa shape index (κ2) is 8.94. The van der Waals surface area contributed by atoms with Crippen LogP contribution in [0.3, 0.4) is 0 Å². The van der Waals surface area contributed by atoms with E-state index < -0.39 is 10.9 Å². The van der Waals surface area contributed by atoms with Crippen molar-refractivity contribution in [3.05, 3.63) is 39.9 Å². The molecule has 28 heavy (non-hydrogen) atoms. The highest BCUT2D eigenvalue weighted by atomic mass is 16.6. The van der Waals surface area contributed by atoms with E-state index in [9.17, 15) is 14.9 Å². The topological polar surface area (TPSA) is 106 Å². The van der Waals surface area contributed by atoms with E-state index in [0.29, 0.717) is 0 Å². The Labute approximate surface area is 161 Å². The van der Waals surface area contributed by atoms with Gasteiger partial charge in [0.25, 0.3) is 5.69 Å². The van der Waals surface area contributed by atoms with E-state index in [1.807, 2.05) is 0 Å². The first-order valence-electron chi connectivity index (χ1n) is 8.26. The van der Waals surface area contributed by atoms with Crippen LogP contribution >= 0.6 is 0 Å². The predicted molar refractivity (Wildman–Crippen MR) is 101 cm³/mol. The summed E-state index contributed by atoms with van der Waals surface area (Å²) in [6.45, 7) is 1.77. The van der Waals surface area contributed by atoms with E-state index in [0.717, 1.165) is 0 Å². The fourth-order valence-electron chi connectivity index (χ4n) is 2.79. The Kier molecular flexibility index (Phi) is 6.64. The normalized spacial score (nSPS) is 10.2. The summed E-state index contributed by atoms with van der Waals surface area (Å²) in [6, 6.07) is 5.75. The molecular formula is C19H21NO8. The van der Waals surface area contributed by atoms with Crippen LogP contribution in [0.15, 0.2) is 24.3 Å². The Morgan fingerprint density at radius 3 is 2.04 bits per heavy atom. The maximum absolute atomic E-state index is 12.7. The fourth-order valence-corrected chi connectivity index (χ4v) is 2.79. The van der Waals surface area contributed by atoms with Crippen LogP contribution in [-0.4, -0.2) is 45.9 Å². The van der Waals surface area contributed by atoms with Gasteiger partial charge in [-0.15, -0.1) is 0 Å². The summed E-state index contributed by atoms with van der Waals surface area (Å²) in [4.78, 5) is 23.8. The molecule has 0 aliphatic carbocycles. The molecule has 0 saturated heterocycles. The van der Waals surface area contributed by atoms with Crippen LogP contribution in [-0.2, 0) is 4.74 Å². The fraction of sp³-hybridized carbons (Fsp3) is 0.316. The Morgan fingerprint density at radius 1 is 0.929 bits per heavy atom. The number of nitro benzene ring substituents is 1. The standard InChI is InChI=1S/C19H21NO8/c1-6-28-19(21)17-11(7-8-14(24-2)18(17)27-5)12-9-15(25-3)16(26-4)10-13(12)20(22)23/h7-10H,6H2,1-5H3. The summed E-state index contributed by atoms with van der Waals surface area (Å²) in [6.07, 6.45) is 0. The number of carbonyl (C=O) groups excluding carboxylic acids is 1. The Morgan fingerprint density at radius 2 is 1.54 bits per heavy atom. The minimum Gasteiger partial charge on any atom is -0.493 e. The zero-order valence-electron chi connectivity index (χ0n) is 16.2. The molecule has 0 bridgehead atoms. The Balaban J connectivity index is 2.90. The van der Waals surface area contributed by atoms with E-state index in [1.54, 1.807) is 13.0 Å². The molecule has 2 rings (SSSR count). The zero-order valence-corrected chi connectivity index (χ0v) is 16.2. The van der Waals surface area contributed by atoms with Crippen molar-refractivity contribution >= 4 is 11.7 Å². The van der Waals surface area contributed by atoms with Gasteiger partial charge < -0.3 is 23.7 Å². The summed E-state index contributed by atoms with van der Waals surface area (Å²) in [7, 11) is 5.58. The molecule has 0 aliphatic rings. The molecule has 0 spiro atoms. The molecular weight excluding hydrogens is 370 g/mol. The van der Waals surface area contributed by atoms with Gasteiger partial charge >= 0.3 is 5.97 Å². The lowest BCUT2D eigenvalue weighted by molar-refractivity contribution is -0.384. The second-order valence-corrected chi connectivity index (χ2v) is 5.43. The number of carbonyl (C=O) groups is 1. The number of nitrogens with zero attached hydrogens (tertiary/aromatic N) is 1. The summed E-state index contributed by atoms with van der Waals surface area (Å²) in [5.41, 5.74) is 0.129. The molecule has 9 heteroatoms. The molecule has 0 aliphatic heterocycles. The SMILES string of the molecule is CCOC(=O)c1c(-c2cc(OC)c(OC)cc2[N+](=O)[O-])ccc(OC)c1OC. The summed E-state index contributed by atoms with van der Waals surface area (Å²) in [5, 5.41) is 11.7. The molecule has 0 saturated carbocycles. The van der Waals surface area contributed by atoms with E-state index in [2.05, 4.69) is 0 Å². The number of nitro groups is 1. The molecule has 0 radical (unpaired) electrons. The lowest BCUT2D eigenvalue weighted by atomic mass is 9.96. The smallest absolute Gasteiger partial charge is 0.342 e. The van der Waals surface area contributed by atoms with Gasteiger partial charge in [-0.25, -0.2) is 4.79 Å². The van der Waals surface area contributed by atoms with Crippen molar-refractivity contribution < 1.29 is 33.4 Å². The highest BCUT2D eigenvalue weighted by molar-refractivity contribution is 6.02. The Bertz CT molecular complexity index is 894. The summed E-state index contributed by atoms with van der Waals surface area (Å²) < 4.78 is 26.1. The maximum atomic E-state index is 12.7. The monoisotopic (exact) mass is 391 g/mol. The average molecular weight is 391 g/mol. The van der Waals surface area contributed by atoms with E-state index in [1.165, 1.54) is 46.6 Å². The van der Waals surface area contributed by atoms with E-state index in [4.69, 9.17) is 23.7 Å². The number of methoxy groups -OCH3 is 4. The van der Waals surface area contributed by atoms with Crippen LogP contribution in [0.5, 0.6) is 23.0 Å². The summed E-state index contributed by atoms with van der Waals surface area (Å²) in [5.74, 6) is 0.168. The quantitative estimate of drug-likeness (QED) is 0.382. The third-order valence-corrected chi connectivity index (χ3v) is 4.01. The van der Waals surface area contributed by atoms with Crippen LogP contribution in [0.1, 0.15) is 17.3 Å². The largest absolute Gasteiger partial charge is 0.493 e. The minimum atomic E-state index is -0.697. The van der Waals surface area contributed by atoms with E-state index >= 15 is 0 Å². The molecule has 2 aromatic rings. The van der Waals surface area contributed by atoms with Gasteiger partial charge in [0.15, 0.2) is 23.0 Å². The predicted octanol–water partition coefficient (Wildman–Crippen LogP) is 3.47. The molecule has 2 aromatic carbocycles. The van der Waals surface area contributed by atoms with Gasteiger partial charge in [-0.2, -0.15) is 0 Å². The molecule has 0 aromatic heterocycles. The molecule has 9 nitrogen and oxygen atoms in total. The van der Waals surface area contributed by atoms with Crippen LogP contribution in [0, 0.1) is 10.1 Å². The first-order chi connectivity index (χ1) is 13.4. The lowest BCUT2D eigenvalue weighted by Gasteiger charge is -2.17. The van der Waals surface area contributed by atoms with Crippen molar-refractivity contribution in [3.63, 3.8) is 0 Å². The van der Waals surface area contributed by atoms with Crippen LogP contribution < -0.4 is 18.9 Å². The first-order valence-corrected chi connectivity index (χ1v) is 8.26. The third kappa shape index (κ3) is 3.78. The minimum absolute atomic E-state index is 0.0130. The molecule has 0 N–H and O–H groups in total. The number of hydrogen-bond acceptors (Lipinski definition) is 8. The van der Waals surface area contributed by atoms with Crippen molar-refractivity contribution in [2.75, 3.05) is 35.0 Å². The van der Waals surface area contributed by atoms with Gasteiger partial charge in [-0.05, 0) is 25.1 Å². The van der Waals surface area contributed by atoms with Crippen molar-refractivity contribution in [1.29, 1.82) is 0 Å². The van der Waals surface area contributed by atoms with Gasteiger partial charge in [0.05, 0.1) is 51.6 Å². The van der Waals surface area contributed by atoms with E-state index in [-0.39, 0.29) is 52.0 Å².